The maximum atomic E-state index is 12.9. The third-order valence-corrected chi connectivity index (χ3v) is 6.31. The average Bonchev–Trinajstić information content (AvgIpc) is 3.18. The van der Waals surface area contributed by atoms with E-state index in [1.165, 1.54) is 0 Å². The van der Waals surface area contributed by atoms with E-state index in [1.54, 1.807) is 4.90 Å². The van der Waals surface area contributed by atoms with E-state index in [1.807, 2.05) is 36.4 Å². The molecule has 2 aromatic carbocycles. The van der Waals surface area contributed by atoms with Gasteiger partial charge in [-0.25, -0.2) is 0 Å². The van der Waals surface area contributed by atoms with E-state index in [0.29, 0.717) is 31.1 Å². The highest BCUT2D eigenvalue weighted by molar-refractivity contribution is 5.96. The zero-order valence-electron chi connectivity index (χ0n) is 16.8. The van der Waals surface area contributed by atoms with Crippen molar-refractivity contribution >= 4 is 17.3 Å². The van der Waals surface area contributed by atoms with Crippen molar-refractivity contribution in [3.8, 4) is 11.5 Å². The summed E-state index contributed by atoms with van der Waals surface area (Å²) >= 11 is 0. The molecule has 2 aromatic rings. The van der Waals surface area contributed by atoms with Gasteiger partial charge in [0.15, 0.2) is 11.5 Å². The fraction of sp³-hybridized carbons (Fsp3) is 0.435. The van der Waals surface area contributed by atoms with Gasteiger partial charge < -0.3 is 24.5 Å². The van der Waals surface area contributed by atoms with Crippen molar-refractivity contribution in [1.29, 1.82) is 0 Å². The minimum atomic E-state index is -0.417. The lowest BCUT2D eigenvalue weighted by Gasteiger charge is -2.42. The number of piperidine rings is 1. The monoisotopic (exact) mass is 393 g/mol. The van der Waals surface area contributed by atoms with Gasteiger partial charge in [0.25, 0.3) is 5.91 Å². The van der Waals surface area contributed by atoms with Crippen LogP contribution in [0.4, 0.5) is 11.4 Å². The summed E-state index contributed by atoms with van der Waals surface area (Å²) in [5.41, 5.74) is 2.73. The van der Waals surface area contributed by atoms with E-state index in [2.05, 4.69) is 22.9 Å². The Hall–Kier alpha value is -2.57. The largest absolute Gasteiger partial charge is 0.453 e. The Labute approximate surface area is 171 Å². The van der Waals surface area contributed by atoms with Gasteiger partial charge in [0.2, 0.25) is 0 Å². The lowest BCUT2D eigenvalue weighted by Crippen LogP contribution is -2.42. The summed E-state index contributed by atoms with van der Waals surface area (Å²) in [4.78, 5) is 19.4. The van der Waals surface area contributed by atoms with E-state index in [-0.39, 0.29) is 5.91 Å². The van der Waals surface area contributed by atoms with Crippen molar-refractivity contribution in [3.05, 3.63) is 48.0 Å². The van der Waals surface area contributed by atoms with E-state index in [9.17, 15) is 9.90 Å². The number of fused-ring (bicyclic) bond motifs is 2. The van der Waals surface area contributed by atoms with Crippen molar-refractivity contribution in [2.24, 2.45) is 0 Å². The molecule has 0 radical (unpaired) electrons. The number of likely N-dealkylation sites (tertiary alicyclic amines) is 2. The minimum absolute atomic E-state index is 0.0438. The molecule has 0 spiro atoms. The second kappa shape index (κ2) is 7.35. The Morgan fingerprint density at radius 1 is 1.00 bits per heavy atom. The summed E-state index contributed by atoms with van der Waals surface area (Å²) in [5, 5.41) is 9.77. The van der Waals surface area contributed by atoms with Crippen LogP contribution in [0.3, 0.4) is 0 Å². The Balaban J connectivity index is 1.49. The van der Waals surface area contributed by atoms with Gasteiger partial charge in [-0.15, -0.1) is 0 Å². The molecule has 1 unspecified atom stereocenters. The highest BCUT2D eigenvalue weighted by atomic mass is 16.5. The Morgan fingerprint density at radius 2 is 1.76 bits per heavy atom. The molecule has 1 amide bonds. The van der Waals surface area contributed by atoms with Gasteiger partial charge in [0.05, 0.1) is 17.5 Å². The van der Waals surface area contributed by atoms with Crippen LogP contribution in [0.1, 0.15) is 29.6 Å². The first-order valence-electron chi connectivity index (χ1n) is 10.5. The summed E-state index contributed by atoms with van der Waals surface area (Å²) in [7, 11) is 2.17. The number of carbonyl (C=O) groups excluding carboxylic acids is 1. The molecule has 3 aliphatic heterocycles. The molecule has 3 aliphatic rings. The molecule has 3 heterocycles. The summed E-state index contributed by atoms with van der Waals surface area (Å²) < 4.78 is 6.22. The van der Waals surface area contributed by atoms with Crippen molar-refractivity contribution in [3.63, 3.8) is 0 Å². The predicted molar refractivity (Wildman–Crippen MR) is 112 cm³/mol. The van der Waals surface area contributed by atoms with Gasteiger partial charge in [0, 0.05) is 24.7 Å². The van der Waals surface area contributed by atoms with Crippen LogP contribution in [0.2, 0.25) is 0 Å². The van der Waals surface area contributed by atoms with E-state index >= 15 is 0 Å². The first kappa shape index (κ1) is 18.5. The number of nitrogens with zero attached hydrogens (tertiary/aromatic N) is 3. The van der Waals surface area contributed by atoms with Crippen molar-refractivity contribution in [1.82, 2.24) is 9.80 Å². The van der Waals surface area contributed by atoms with Gasteiger partial charge in [-0.2, -0.15) is 0 Å². The quantitative estimate of drug-likeness (QED) is 0.849. The van der Waals surface area contributed by atoms with E-state index < -0.39 is 6.10 Å². The summed E-state index contributed by atoms with van der Waals surface area (Å²) in [6.45, 7) is 3.16. The number of hydrogen-bond acceptors (Lipinski definition) is 5. The molecule has 0 aliphatic carbocycles. The number of β-amino-alcohol motifs (C(OH)–C–C–N with tert-alkyl or cyclic N) is 1. The van der Waals surface area contributed by atoms with Crippen LogP contribution >= 0.6 is 0 Å². The summed E-state index contributed by atoms with van der Waals surface area (Å²) in [5.74, 6) is 1.52. The second-order valence-electron chi connectivity index (χ2n) is 8.35. The van der Waals surface area contributed by atoms with Crippen LogP contribution in [-0.2, 0) is 0 Å². The second-order valence-corrected chi connectivity index (χ2v) is 8.35. The number of amides is 1. The first-order chi connectivity index (χ1) is 14.1. The third-order valence-electron chi connectivity index (χ3n) is 6.31. The van der Waals surface area contributed by atoms with Crippen molar-refractivity contribution in [2.75, 3.05) is 38.1 Å². The third kappa shape index (κ3) is 3.36. The Bertz CT molecular complexity index is 923. The molecule has 0 bridgehead atoms. The Morgan fingerprint density at radius 3 is 2.52 bits per heavy atom. The summed E-state index contributed by atoms with van der Waals surface area (Å²) in [6, 6.07) is 14.3. The van der Waals surface area contributed by atoms with Crippen LogP contribution in [0.5, 0.6) is 11.5 Å². The lowest BCUT2D eigenvalue weighted by atomic mass is 9.99. The highest BCUT2D eigenvalue weighted by Crippen LogP contribution is 2.49. The molecule has 152 valence electrons. The van der Waals surface area contributed by atoms with Crippen LogP contribution in [0, 0.1) is 0 Å². The number of hydrogen-bond donors (Lipinski definition) is 1. The SMILES string of the molecule is CN1CCC(N2c3ccccc3Oc3cc(C(=O)N4CCC(O)C4)ccc32)CC1. The van der Waals surface area contributed by atoms with Gasteiger partial charge in [0.1, 0.15) is 0 Å². The number of para-hydroxylation sites is 2. The lowest BCUT2D eigenvalue weighted by molar-refractivity contribution is 0.0764. The van der Waals surface area contributed by atoms with Crippen LogP contribution in [0.25, 0.3) is 0 Å². The number of anilines is 2. The van der Waals surface area contributed by atoms with Crippen LogP contribution < -0.4 is 9.64 Å². The first-order valence-corrected chi connectivity index (χ1v) is 10.5. The van der Waals surface area contributed by atoms with Crippen molar-refractivity contribution in [2.45, 2.75) is 31.4 Å². The number of benzene rings is 2. The molecule has 1 N–H and O–H groups in total. The number of ether oxygens (including phenoxy) is 1. The molecule has 5 rings (SSSR count). The topological polar surface area (TPSA) is 56.2 Å². The maximum absolute atomic E-state index is 12.9. The smallest absolute Gasteiger partial charge is 0.254 e. The van der Waals surface area contributed by atoms with Gasteiger partial charge in [-0.1, -0.05) is 12.1 Å². The summed E-state index contributed by atoms with van der Waals surface area (Å²) in [6.07, 6.45) is 2.41. The van der Waals surface area contributed by atoms with Gasteiger partial charge in [-0.3, -0.25) is 4.79 Å². The fourth-order valence-electron chi connectivity index (χ4n) is 4.67. The molecule has 29 heavy (non-hydrogen) atoms. The van der Waals surface area contributed by atoms with E-state index in [0.717, 1.165) is 48.8 Å². The molecule has 2 fully saturated rings. The zero-order chi connectivity index (χ0) is 20.0. The zero-order valence-corrected chi connectivity index (χ0v) is 16.8. The fourth-order valence-corrected chi connectivity index (χ4v) is 4.67. The number of aliphatic hydroxyl groups excluding tert-OH is 1. The maximum Gasteiger partial charge on any atom is 0.254 e. The standard InChI is InChI=1S/C23H27N3O3/c1-24-11-8-17(9-12-24)26-19-4-2-3-5-21(19)29-22-14-16(6-7-20(22)26)23(28)25-13-10-18(27)15-25/h2-7,14,17-18,27H,8-13,15H2,1H3. The number of aliphatic hydroxyl groups is 1. The normalized spacial score (nSPS) is 22.2. The molecule has 6 heteroatoms. The molecular weight excluding hydrogens is 366 g/mol. The average molecular weight is 393 g/mol. The van der Waals surface area contributed by atoms with E-state index in [4.69, 9.17) is 4.74 Å². The van der Waals surface area contributed by atoms with Gasteiger partial charge in [-0.05, 0) is 69.7 Å². The minimum Gasteiger partial charge on any atom is -0.453 e. The highest BCUT2D eigenvalue weighted by Gasteiger charge is 2.33. The molecule has 6 nitrogen and oxygen atoms in total. The molecule has 0 saturated carbocycles. The van der Waals surface area contributed by atoms with Crippen LogP contribution in [-0.4, -0.2) is 66.2 Å². The van der Waals surface area contributed by atoms with Crippen LogP contribution in [0.15, 0.2) is 42.5 Å². The number of carbonyl (C=O) groups is 1. The molecular formula is C23H27N3O3. The van der Waals surface area contributed by atoms with Crippen molar-refractivity contribution < 1.29 is 14.6 Å². The predicted octanol–water partition coefficient (Wildman–Crippen LogP) is 3.23. The number of rotatable bonds is 2. The Kier molecular flexibility index (Phi) is 4.68. The van der Waals surface area contributed by atoms with Gasteiger partial charge >= 0.3 is 0 Å². The molecule has 0 aromatic heterocycles. The molecule has 2 saturated heterocycles. The molecule has 1 atom stereocenters.